The Morgan fingerprint density at radius 1 is 1.32 bits per heavy atom. The lowest BCUT2D eigenvalue weighted by Gasteiger charge is -2.22. The highest BCUT2D eigenvalue weighted by molar-refractivity contribution is 5.59. The van der Waals surface area contributed by atoms with Gasteiger partial charge in [0.2, 0.25) is 5.89 Å². The number of aromatic nitrogens is 2. The van der Waals surface area contributed by atoms with Crippen LogP contribution in [0.15, 0.2) is 28.8 Å². The third-order valence-corrected chi connectivity index (χ3v) is 4.08. The van der Waals surface area contributed by atoms with E-state index in [4.69, 9.17) is 4.52 Å². The second-order valence-electron chi connectivity index (χ2n) is 5.63. The molecule has 2 aliphatic rings. The largest absolute Gasteiger partial charge is 0.359 e. The van der Waals surface area contributed by atoms with Crippen LogP contribution >= 0.6 is 0 Å². The highest BCUT2D eigenvalue weighted by Gasteiger charge is 2.30. The maximum Gasteiger partial charge on any atom is 0.246 e. The van der Waals surface area contributed by atoms with Gasteiger partial charge in [-0.3, -0.25) is 0 Å². The van der Waals surface area contributed by atoms with Crippen LogP contribution < -0.4 is 4.90 Å². The van der Waals surface area contributed by atoms with Gasteiger partial charge in [-0.05, 0) is 37.8 Å². The first-order valence-electron chi connectivity index (χ1n) is 6.98. The van der Waals surface area contributed by atoms with E-state index >= 15 is 0 Å². The van der Waals surface area contributed by atoms with Crippen LogP contribution in [-0.2, 0) is 13.0 Å². The molecule has 1 aliphatic carbocycles. The smallest absolute Gasteiger partial charge is 0.246 e. The van der Waals surface area contributed by atoms with E-state index in [2.05, 4.69) is 46.2 Å². The van der Waals surface area contributed by atoms with Crippen LogP contribution in [0.5, 0.6) is 0 Å². The van der Waals surface area contributed by atoms with Gasteiger partial charge >= 0.3 is 0 Å². The molecule has 0 radical (unpaired) electrons. The number of para-hydroxylation sites is 1. The minimum Gasteiger partial charge on any atom is -0.359 e. The molecule has 2 heterocycles. The summed E-state index contributed by atoms with van der Waals surface area (Å²) in [5, 5.41) is 4.09. The molecule has 2 aromatic rings. The molecule has 4 nitrogen and oxygen atoms in total. The number of rotatable bonds is 3. The Morgan fingerprint density at radius 3 is 3.00 bits per heavy atom. The maximum absolute atomic E-state index is 5.39. The summed E-state index contributed by atoms with van der Waals surface area (Å²) in [6.07, 6.45) is 3.52. The van der Waals surface area contributed by atoms with Gasteiger partial charge in [-0.25, -0.2) is 0 Å². The summed E-state index contributed by atoms with van der Waals surface area (Å²) in [5.41, 5.74) is 2.72. The Morgan fingerprint density at radius 2 is 2.16 bits per heavy atom. The van der Waals surface area contributed by atoms with Crippen LogP contribution in [-0.4, -0.2) is 16.2 Å². The van der Waals surface area contributed by atoms with E-state index in [0.29, 0.717) is 12.0 Å². The van der Waals surface area contributed by atoms with Crippen molar-refractivity contribution in [1.29, 1.82) is 0 Å². The molecular formula is C15H17N3O. The first kappa shape index (κ1) is 11.0. The van der Waals surface area contributed by atoms with Crippen molar-refractivity contribution in [3.05, 3.63) is 41.5 Å². The number of nitrogens with zero attached hydrogens (tertiary/aromatic N) is 3. The van der Waals surface area contributed by atoms with Crippen LogP contribution in [0.25, 0.3) is 0 Å². The summed E-state index contributed by atoms with van der Waals surface area (Å²) in [6, 6.07) is 9.07. The molecule has 1 aromatic carbocycles. The van der Waals surface area contributed by atoms with Gasteiger partial charge in [0, 0.05) is 17.6 Å². The molecular weight excluding hydrogens is 238 g/mol. The van der Waals surface area contributed by atoms with E-state index in [0.717, 1.165) is 24.7 Å². The van der Waals surface area contributed by atoms with E-state index in [1.165, 1.54) is 24.1 Å². The molecule has 1 atom stereocenters. The van der Waals surface area contributed by atoms with Crippen molar-refractivity contribution < 1.29 is 4.52 Å². The van der Waals surface area contributed by atoms with Crippen LogP contribution in [0.2, 0.25) is 0 Å². The van der Waals surface area contributed by atoms with Crippen molar-refractivity contribution >= 4 is 5.69 Å². The zero-order valence-corrected chi connectivity index (χ0v) is 11.0. The fourth-order valence-corrected chi connectivity index (χ4v) is 2.86. The predicted molar refractivity (Wildman–Crippen MR) is 72.1 cm³/mol. The summed E-state index contributed by atoms with van der Waals surface area (Å²) in [4.78, 5) is 6.88. The molecule has 1 aliphatic heterocycles. The Bertz CT molecular complexity index is 603. The van der Waals surface area contributed by atoms with Crippen molar-refractivity contribution in [3.8, 4) is 0 Å². The van der Waals surface area contributed by atoms with Gasteiger partial charge in [-0.2, -0.15) is 4.98 Å². The molecule has 0 N–H and O–H groups in total. The molecule has 19 heavy (non-hydrogen) atoms. The van der Waals surface area contributed by atoms with Gasteiger partial charge in [0.05, 0.1) is 6.54 Å². The van der Waals surface area contributed by atoms with Crippen LogP contribution in [0.4, 0.5) is 5.69 Å². The third kappa shape index (κ3) is 1.91. The molecule has 0 amide bonds. The second kappa shape index (κ2) is 4.08. The molecule has 4 heteroatoms. The predicted octanol–water partition coefficient (Wildman–Crippen LogP) is 2.90. The summed E-state index contributed by atoms with van der Waals surface area (Å²) in [5.74, 6) is 2.20. The molecule has 0 unspecified atom stereocenters. The molecule has 1 fully saturated rings. The van der Waals surface area contributed by atoms with Gasteiger partial charge in [0.1, 0.15) is 0 Å². The standard InChI is InChI=1S/C15H17N3O/c1-10-8-12-4-2-3-5-13(12)18(10)9-14-16-15(17-19-14)11-6-7-11/h2-5,10-11H,6-9H2,1H3/t10-/m0/s1. The van der Waals surface area contributed by atoms with E-state index in [9.17, 15) is 0 Å². The molecule has 1 saturated carbocycles. The maximum atomic E-state index is 5.39. The topological polar surface area (TPSA) is 42.2 Å². The van der Waals surface area contributed by atoms with Crippen LogP contribution in [0.3, 0.4) is 0 Å². The highest BCUT2D eigenvalue weighted by atomic mass is 16.5. The van der Waals surface area contributed by atoms with Gasteiger partial charge in [-0.15, -0.1) is 0 Å². The summed E-state index contributed by atoms with van der Waals surface area (Å²) >= 11 is 0. The molecule has 0 bridgehead atoms. The lowest BCUT2D eigenvalue weighted by Crippen LogP contribution is -2.28. The molecule has 0 saturated heterocycles. The minimum atomic E-state index is 0.494. The van der Waals surface area contributed by atoms with E-state index in [1.807, 2.05) is 0 Å². The van der Waals surface area contributed by atoms with Gasteiger partial charge in [-0.1, -0.05) is 23.4 Å². The van der Waals surface area contributed by atoms with Crippen molar-refractivity contribution in [3.63, 3.8) is 0 Å². The fraction of sp³-hybridized carbons (Fsp3) is 0.467. The Balaban J connectivity index is 1.58. The van der Waals surface area contributed by atoms with Gasteiger partial charge in [0.25, 0.3) is 0 Å². The average molecular weight is 255 g/mol. The quantitative estimate of drug-likeness (QED) is 0.845. The zero-order valence-electron chi connectivity index (χ0n) is 11.0. The summed E-state index contributed by atoms with van der Waals surface area (Å²) in [7, 11) is 0. The number of anilines is 1. The van der Waals surface area contributed by atoms with Crippen LogP contribution in [0.1, 0.15) is 43.0 Å². The highest BCUT2D eigenvalue weighted by Crippen LogP contribution is 2.38. The SMILES string of the molecule is C[C@H]1Cc2ccccc2N1Cc1nc(C2CC2)no1. The van der Waals surface area contributed by atoms with Gasteiger partial charge in [0.15, 0.2) is 5.82 Å². The molecule has 4 rings (SSSR count). The minimum absolute atomic E-state index is 0.494. The molecule has 1 aromatic heterocycles. The number of benzene rings is 1. The Hall–Kier alpha value is -1.84. The number of hydrogen-bond acceptors (Lipinski definition) is 4. The number of hydrogen-bond donors (Lipinski definition) is 0. The molecule has 98 valence electrons. The van der Waals surface area contributed by atoms with Crippen molar-refractivity contribution in [1.82, 2.24) is 10.1 Å². The van der Waals surface area contributed by atoms with Crippen LogP contribution in [0, 0.1) is 0 Å². The van der Waals surface area contributed by atoms with Crippen molar-refractivity contribution in [2.75, 3.05) is 4.90 Å². The lowest BCUT2D eigenvalue weighted by molar-refractivity contribution is 0.368. The molecule has 0 spiro atoms. The van der Waals surface area contributed by atoms with Crippen molar-refractivity contribution in [2.24, 2.45) is 0 Å². The third-order valence-electron chi connectivity index (χ3n) is 4.08. The normalized spacial score (nSPS) is 21.7. The zero-order chi connectivity index (χ0) is 12.8. The number of fused-ring (bicyclic) bond motifs is 1. The second-order valence-corrected chi connectivity index (χ2v) is 5.63. The Kier molecular flexibility index (Phi) is 2.37. The first-order valence-corrected chi connectivity index (χ1v) is 6.98. The van der Waals surface area contributed by atoms with E-state index < -0.39 is 0 Å². The first-order chi connectivity index (χ1) is 9.31. The monoisotopic (exact) mass is 255 g/mol. The van der Waals surface area contributed by atoms with Crippen molar-refractivity contribution in [2.45, 2.75) is 44.7 Å². The Labute approximate surface area is 112 Å². The van der Waals surface area contributed by atoms with E-state index in [1.54, 1.807) is 0 Å². The average Bonchev–Trinajstić information content (AvgIpc) is 3.09. The summed E-state index contributed by atoms with van der Waals surface area (Å²) in [6.45, 7) is 2.97. The fourth-order valence-electron chi connectivity index (χ4n) is 2.86. The summed E-state index contributed by atoms with van der Waals surface area (Å²) < 4.78 is 5.39. The lowest BCUT2D eigenvalue weighted by atomic mass is 10.1. The van der Waals surface area contributed by atoms with Gasteiger partial charge < -0.3 is 9.42 Å². The van der Waals surface area contributed by atoms with E-state index in [-0.39, 0.29) is 0 Å².